The van der Waals surface area contributed by atoms with Crippen molar-refractivity contribution < 1.29 is 19.1 Å². The molecule has 152 valence electrons. The summed E-state index contributed by atoms with van der Waals surface area (Å²) >= 11 is 1.09. The van der Waals surface area contributed by atoms with Crippen LogP contribution in [0.2, 0.25) is 0 Å². The lowest BCUT2D eigenvalue weighted by atomic mass is 10.1. The number of nitrogens with one attached hydrogen (secondary N) is 1. The Bertz CT molecular complexity index is 1110. The van der Waals surface area contributed by atoms with Gasteiger partial charge in [0.1, 0.15) is 9.71 Å². The van der Waals surface area contributed by atoms with Gasteiger partial charge >= 0.3 is 11.9 Å². The molecule has 8 heteroatoms. The van der Waals surface area contributed by atoms with Crippen molar-refractivity contribution in [2.45, 2.75) is 40.2 Å². The minimum atomic E-state index is -0.765. The number of aryl methyl sites for hydroxylation is 2. The molecule has 0 saturated carbocycles. The Labute approximate surface area is 171 Å². The number of hydrogen-bond acceptors (Lipinski definition) is 7. The maximum Gasteiger partial charge on any atom is 0.348 e. The molecule has 0 saturated heterocycles. The monoisotopic (exact) mass is 414 g/mol. The molecule has 3 rings (SSSR count). The smallest absolute Gasteiger partial charge is 0.348 e. The molecule has 0 aliphatic heterocycles. The van der Waals surface area contributed by atoms with Crippen molar-refractivity contribution in [1.29, 1.82) is 0 Å². The average Bonchev–Trinajstić information content (AvgIpc) is 3.05. The van der Waals surface area contributed by atoms with Gasteiger partial charge in [-0.05, 0) is 50.5 Å². The summed E-state index contributed by atoms with van der Waals surface area (Å²) in [5.41, 5.74) is 1.69. The summed E-state index contributed by atoms with van der Waals surface area (Å²) in [4.78, 5) is 44.9. The van der Waals surface area contributed by atoms with E-state index in [-0.39, 0.29) is 18.0 Å². The molecule has 0 unspecified atom stereocenters. The molecule has 0 radical (unpaired) electrons. The van der Waals surface area contributed by atoms with Crippen LogP contribution in [-0.2, 0) is 15.9 Å². The van der Waals surface area contributed by atoms with E-state index in [1.165, 1.54) is 0 Å². The minimum Gasteiger partial charge on any atom is -0.462 e. The van der Waals surface area contributed by atoms with E-state index in [0.29, 0.717) is 26.2 Å². The summed E-state index contributed by atoms with van der Waals surface area (Å²) in [5, 5.41) is 0.343. The Hall–Kier alpha value is -3.00. The van der Waals surface area contributed by atoms with E-state index < -0.39 is 18.0 Å². The van der Waals surface area contributed by atoms with Crippen LogP contribution in [0, 0.1) is 6.92 Å². The molecule has 0 aliphatic carbocycles. The SMILES string of the molecule is CCOC(=O)c1sc2nc([C@@H](C)OC(=O)c3ccc(CC)cc3)[nH]c(=O)c2c1C. The van der Waals surface area contributed by atoms with Gasteiger partial charge in [-0.3, -0.25) is 4.79 Å². The average molecular weight is 414 g/mol. The molecule has 1 aromatic carbocycles. The lowest BCUT2D eigenvalue weighted by Crippen LogP contribution is -2.17. The van der Waals surface area contributed by atoms with Gasteiger partial charge in [-0.2, -0.15) is 0 Å². The van der Waals surface area contributed by atoms with Crippen molar-refractivity contribution in [3.63, 3.8) is 0 Å². The van der Waals surface area contributed by atoms with E-state index in [4.69, 9.17) is 9.47 Å². The van der Waals surface area contributed by atoms with Crippen molar-refractivity contribution in [3.05, 3.63) is 62.0 Å². The molecule has 2 aromatic heterocycles. The van der Waals surface area contributed by atoms with Crippen LogP contribution in [0.4, 0.5) is 0 Å². The van der Waals surface area contributed by atoms with Gasteiger partial charge in [0.05, 0.1) is 17.6 Å². The number of H-pyrrole nitrogens is 1. The highest BCUT2D eigenvalue weighted by Crippen LogP contribution is 2.28. The molecule has 0 fully saturated rings. The largest absolute Gasteiger partial charge is 0.462 e. The number of hydrogen-bond donors (Lipinski definition) is 1. The minimum absolute atomic E-state index is 0.220. The number of esters is 2. The third-order valence-corrected chi connectivity index (χ3v) is 5.71. The van der Waals surface area contributed by atoms with Gasteiger partial charge in [-0.25, -0.2) is 14.6 Å². The molecule has 0 bridgehead atoms. The van der Waals surface area contributed by atoms with Gasteiger partial charge in [0.25, 0.3) is 5.56 Å². The standard InChI is InChI=1S/C21H22N2O5S/c1-5-13-7-9-14(10-8-13)20(25)28-12(4)17-22-18(24)15-11(3)16(21(26)27-6-2)29-19(15)23-17/h7-10,12H,5-6H2,1-4H3,(H,22,23,24)/t12-/m1/s1. The van der Waals surface area contributed by atoms with Gasteiger partial charge < -0.3 is 14.5 Å². The molecule has 3 aromatic rings. The number of fused-ring (bicyclic) bond motifs is 1. The zero-order chi connectivity index (χ0) is 21.1. The van der Waals surface area contributed by atoms with Crippen LogP contribution in [0.25, 0.3) is 10.2 Å². The predicted octanol–water partition coefficient (Wildman–Crippen LogP) is 3.95. The number of rotatable bonds is 6. The molecule has 7 nitrogen and oxygen atoms in total. The van der Waals surface area contributed by atoms with E-state index in [2.05, 4.69) is 9.97 Å². The fourth-order valence-electron chi connectivity index (χ4n) is 2.91. The van der Waals surface area contributed by atoms with Gasteiger partial charge in [-0.15, -0.1) is 11.3 Å². The Balaban J connectivity index is 1.87. The summed E-state index contributed by atoms with van der Waals surface area (Å²) in [6.45, 7) is 7.32. The Morgan fingerprint density at radius 2 is 1.86 bits per heavy atom. The summed E-state index contributed by atoms with van der Waals surface area (Å²) < 4.78 is 10.5. The first-order valence-electron chi connectivity index (χ1n) is 9.36. The molecular weight excluding hydrogens is 392 g/mol. The topological polar surface area (TPSA) is 98.3 Å². The number of thiophene rings is 1. The van der Waals surface area contributed by atoms with Crippen LogP contribution >= 0.6 is 11.3 Å². The van der Waals surface area contributed by atoms with Crippen molar-refractivity contribution in [1.82, 2.24) is 9.97 Å². The van der Waals surface area contributed by atoms with Crippen LogP contribution in [0.15, 0.2) is 29.1 Å². The number of ether oxygens (including phenoxy) is 2. The highest BCUT2D eigenvalue weighted by molar-refractivity contribution is 7.20. The molecule has 1 atom stereocenters. The Morgan fingerprint density at radius 1 is 1.17 bits per heavy atom. The maximum atomic E-state index is 12.6. The summed E-state index contributed by atoms with van der Waals surface area (Å²) in [6.07, 6.45) is 0.115. The third-order valence-electron chi connectivity index (χ3n) is 4.55. The molecule has 0 aliphatic rings. The van der Waals surface area contributed by atoms with Crippen LogP contribution in [0.5, 0.6) is 0 Å². The van der Waals surface area contributed by atoms with Crippen LogP contribution in [-0.4, -0.2) is 28.5 Å². The summed E-state index contributed by atoms with van der Waals surface area (Å²) in [5.74, 6) is -0.765. The summed E-state index contributed by atoms with van der Waals surface area (Å²) in [6, 6.07) is 7.17. The first-order valence-corrected chi connectivity index (χ1v) is 10.2. The van der Waals surface area contributed by atoms with Crippen LogP contribution in [0.3, 0.4) is 0 Å². The van der Waals surface area contributed by atoms with Gasteiger partial charge in [0, 0.05) is 0 Å². The van der Waals surface area contributed by atoms with Crippen molar-refractivity contribution in [2.75, 3.05) is 6.61 Å². The highest BCUT2D eigenvalue weighted by atomic mass is 32.1. The molecule has 2 heterocycles. The number of benzene rings is 1. The number of aromatic amines is 1. The van der Waals surface area contributed by atoms with E-state index >= 15 is 0 Å². The fourth-order valence-corrected chi connectivity index (χ4v) is 3.99. The van der Waals surface area contributed by atoms with Gasteiger partial charge in [-0.1, -0.05) is 19.1 Å². The predicted molar refractivity (Wildman–Crippen MR) is 111 cm³/mol. The molecular formula is C21H22N2O5S. The third kappa shape index (κ3) is 4.22. The summed E-state index contributed by atoms with van der Waals surface area (Å²) in [7, 11) is 0. The van der Waals surface area contributed by atoms with Crippen molar-refractivity contribution in [3.8, 4) is 0 Å². The number of aromatic nitrogens is 2. The van der Waals surface area contributed by atoms with Gasteiger partial charge in [0.2, 0.25) is 0 Å². The van der Waals surface area contributed by atoms with Crippen LogP contribution in [0.1, 0.15) is 63.9 Å². The van der Waals surface area contributed by atoms with E-state index in [1.54, 1.807) is 32.9 Å². The molecule has 1 N–H and O–H groups in total. The van der Waals surface area contributed by atoms with Crippen molar-refractivity contribution >= 4 is 33.5 Å². The maximum absolute atomic E-state index is 12.6. The first kappa shape index (κ1) is 20.7. The number of carbonyl (C=O) groups excluding carboxylic acids is 2. The molecule has 29 heavy (non-hydrogen) atoms. The molecule has 0 amide bonds. The second-order valence-corrected chi connectivity index (χ2v) is 7.51. The lowest BCUT2D eigenvalue weighted by molar-refractivity contribution is 0.0319. The number of nitrogens with zero attached hydrogens (tertiary/aromatic N) is 1. The first-order chi connectivity index (χ1) is 13.8. The Morgan fingerprint density at radius 3 is 2.48 bits per heavy atom. The van der Waals surface area contributed by atoms with Crippen molar-refractivity contribution in [2.24, 2.45) is 0 Å². The second-order valence-electron chi connectivity index (χ2n) is 6.51. The number of carbonyl (C=O) groups is 2. The van der Waals surface area contributed by atoms with Gasteiger partial charge in [0.15, 0.2) is 11.9 Å². The normalized spacial score (nSPS) is 12.0. The van der Waals surface area contributed by atoms with E-state index in [9.17, 15) is 14.4 Å². The molecule has 0 spiro atoms. The van der Waals surface area contributed by atoms with E-state index in [0.717, 1.165) is 23.3 Å². The fraction of sp³-hybridized carbons (Fsp3) is 0.333. The zero-order valence-corrected chi connectivity index (χ0v) is 17.5. The van der Waals surface area contributed by atoms with E-state index in [1.807, 2.05) is 19.1 Å². The zero-order valence-electron chi connectivity index (χ0n) is 16.7. The Kier molecular flexibility index (Phi) is 6.12. The quantitative estimate of drug-likeness (QED) is 0.613. The highest BCUT2D eigenvalue weighted by Gasteiger charge is 2.22. The van der Waals surface area contributed by atoms with Crippen LogP contribution < -0.4 is 5.56 Å². The lowest BCUT2D eigenvalue weighted by Gasteiger charge is -2.12. The second kappa shape index (κ2) is 8.57.